The second kappa shape index (κ2) is 6.37. The van der Waals surface area contributed by atoms with Gasteiger partial charge in [0.05, 0.1) is 12.4 Å². The second-order valence-corrected chi connectivity index (χ2v) is 5.16. The first-order valence-electron chi connectivity index (χ1n) is 7.15. The number of aryl methyl sites for hydroxylation is 1. The Hall–Kier alpha value is -2.39. The highest BCUT2D eigenvalue weighted by atomic mass is 15.0. The van der Waals surface area contributed by atoms with Crippen LogP contribution in [0.1, 0.15) is 28.4 Å². The zero-order valence-corrected chi connectivity index (χ0v) is 12.1. The summed E-state index contributed by atoms with van der Waals surface area (Å²) in [5.41, 5.74) is 4.96. The molecule has 0 saturated carbocycles. The highest BCUT2D eigenvalue weighted by Gasteiger charge is 2.15. The van der Waals surface area contributed by atoms with Crippen molar-refractivity contribution in [2.45, 2.75) is 19.5 Å². The summed E-state index contributed by atoms with van der Waals surface area (Å²) in [4.78, 5) is 7.20. The van der Waals surface area contributed by atoms with Crippen LogP contribution in [0, 0.1) is 6.92 Å². The van der Waals surface area contributed by atoms with Crippen molar-refractivity contribution in [3.8, 4) is 0 Å². The van der Waals surface area contributed by atoms with Crippen LogP contribution in [0.25, 0.3) is 0 Å². The Morgan fingerprint density at radius 3 is 2.52 bits per heavy atom. The average molecular weight is 277 g/mol. The maximum atomic E-state index is 4.07. The minimum atomic E-state index is 0.177. The number of rotatable bonds is 5. The lowest BCUT2D eigenvalue weighted by molar-refractivity contribution is 0.596. The number of aromatic nitrogens is 2. The lowest BCUT2D eigenvalue weighted by Crippen LogP contribution is -2.23. The number of benzene rings is 2. The van der Waals surface area contributed by atoms with Gasteiger partial charge in [0.15, 0.2) is 0 Å². The molecule has 0 amide bonds. The lowest BCUT2D eigenvalue weighted by atomic mass is 9.95. The van der Waals surface area contributed by atoms with E-state index in [2.05, 4.69) is 70.7 Å². The van der Waals surface area contributed by atoms with E-state index in [0.29, 0.717) is 0 Å². The van der Waals surface area contributed by atoms with Crippen LogP contribution >= 0.6 is 0 Å². The van der Waals surface area contributed by atoms with E-state index in [1.807, 2.05) is 12.3 Å². The van der Waals surface area contributed by atoms with Crippen molar-refractivity contribution in [3.05, 3.63) is 89.5 Å². The van der Waals surface area contributed by atoms with E-state index in [9.17, 15) is 0 Å². The van der Waals surface area contributed by atoms with Gasteiger partial charge in [0, 0.05) is 18.4 Å². The fraction of sp³-hybridized carbons (Fsp3) is 0.167. The number of H-pyrrole nitrogens is 1. The van der Waals surface area contributed by atoms with E-state index in [1.165, 1.54) is 16.7 Å². The molecule has 0 spiro atoms. The summed E-state index contributed by atoms with van der Waals surface area (Å²) in [5.74, 6) is 0. The number of aromatic amines is 1. The third kappa shape index (κ3) is 3.20. The smallest absolute Gasteiger partial charge is 0.0922 e. The zero-order valence-electron chi connectivity index (χ0n) is 12.1. The van der Waals surface area contributed by atoms with Crippen molar-refractivity contribution in [1.82, 2.24) is 15.3 Å². The van der Waals surface area contributed by atoms with Gasteiger partial charge in [0.25, 0.3) is 0 Å². The lowest BCUT2D eigenvalue weighted by Gasteiger charge is -2.21. The molecule has 2 aromatic carbocycles. The number of hydrogen-bond donors (Lipinski definition) is 2. The van der Waals surface area contributed by atoms with E-state index < -0.39 is 0 Å². The second-order valence-electron chi connectivity index (χ2n) is 5.16. The first-order chi connectivity index (χ1) is 10.3. The molecule has 2 N–H and O–H groups in total. The summed E-state index contributed by atoms with van der Waals surface area (Å²) >= 11 is 0. The first kappa shape index (κ1) is 13.6. The van der Waals surface area contributed by atoms with Crippen LogP contribution in [0.3, 0.4) is 0 Å². The largest absolute Gasteiger partial charge is 0.347 e. The maximum Gasteiger partial charge on any atom is 0.0922 e. The van der Waals surface area contributed by atoms with Crippen LogP contribution in [-0.4, -0.2) is 9.97 Å². The summed E-state index contributed by atoms with van der Waals surface area (Å²) < 4.78 is 0. The molecule has 1 aromatic heterocycles. The third-order valence-electron chi connectivity index (χ3n) is 3.68. The molecule has 21 heavy (non-hydrogen) atoms. The van der Waals surface area contributed by atoms with E-state index in [1.54, 1.807) is 6.33 Å². The van der Waals surface area contributed by atoms with Gasteiger partial charge in [-0.25, -0.2) is 4.98 Å². The van der Waals surface area contributed by atoms with Crippen LogP contribution in [0.2, 0.25) is 0 Å². The molecule has 0 aliphatic carbocycles. The average Bonchev–Trinajstić information content (AvgIpc) is 3.04. The predicted octanol–water partition coefficient (Wildman–Crippen LogP) is 3.60. The monoisotopic (exact) mass is 277 g/mol. The van der Waals surface area contributed by atoms with Gasteiger partial charge in [-0.2, -0.15) is 0 Å². The van der Waals surface area contributed by atoms with Crippen molar-refractivity contribution in [3.63, 3.8) is 0 Å². The Morgan fingerprint density at radius 1 is 1.05 bits per heavy atom. The number of nitrogens with one attached hydrogen (secondary N) is 2. The highest BCUT2D eigenvalue weighted by Crippen LogP contribution is 2.25. The quantitative estimate of drug-likeness (QED) is 0.748. The van der Waals surface area contributed by atoms with Crippen LogP contribution in [-0.2, 0) is 6.54 Å². The topological polar surface area (TPSA) is 40.7 Å². The summed E-state index contributed by atoms with van der Waals surface area (Å²) in [6, 6.07) is 19.2. The highest BCUT2D eigenvalue weighted by molar-refractivity contribution is 5.36. The van der Waals surface area contributed by atoms with Crippen LogP contribution in [0.5, 0.6) is 0 Å². The van der Waals surface area contributed by atoms with Crippen LogP contribution in [0.15, 0.2) is 67.1 Å². The van der Waals surface area contributed by atoms with E-state index in [0.717, 1.165) is 12.2 Å². The summed E-state index contributed by atoms with van der Waals surface area (Å²) in [7, 11) is 0. The number of nitrogens with zero attached hydrogens (tertiary/aromatic N) is 1. The molecule has 0 bridgehead atoms. The molecule has 0 radical (unpaired) electrons. The third-order valence-corrected chi connectivity index (χ3v) is 3.68. The van der Waals surface area contributed by atoms with E-state index in [4.69, 9.17) is 0 Å². The molecule has 106 valence electrons. The predicted molar refractivity (Wildman–Crippen MR) is 84.9 cm³/mol. The zero-order chi connectivity index (χ0) is 14.5. The number of imidazole rings is 1. The molecule has 3 nitrogen and oxygen atoms in total. The molecule has 0 fully saturated rings. The Labute approximate surface area is 125 Å². The minimum absolute atomic E-state index is 0.177. The van der Waals surface area contributed by atoms with Crippen molar-refractivity contribution in [2.75, 3.05) is 0 Å². The van der Waals surface area contributed by atoms with Crippen molar-refractivity contribution >= 4 is 0 Å². The summed E-state index contributed by atoms with van der Waals surface area (Å²) in [6.45, 7) is 2.91. The van der Waals surface area contributed by atoms with Crippen LogP contribution < -0.4 is 5.32 Å². The Morgan fingerprint density at radius 2 is 1.81 bits per heavy atom. The molecule has 0 aliphatic heterocycles. The van der Waals surface area contributed by atoms with Gasteiger partial charge in [-0.1, -0.05) is 54.6 Å². The standard InChI is InChI=1S/C18H19N3/c1-14-7-5-6-10-17(14)18(15-8-3-2-4-9-15)20-12-16-11-19-13-21-16/h2-11,13,18,20H,12H2,1H3,(H,19,21). The molecule has 3 heteroatoms. The van der Waals surface area contributed by atoms with Gasteiger partial charge in [-0.3, -0.25) is 0 Å². The maximum absolute atomic E-state index is 4.07. The van der Waals surface area contributed by atoms with E-state index in [-0.39, 0.29) is 6.04 Å². The molecule has 1 atom stereocenters. The fourth-order valence-corrected chi connectivity index (χ4v) is 2.56. The van der Waals surface area contributed by atoms with Crippen molar-refractivity contribution in [2.24, 2.45) is 0 Å². The molecule has 1 heterocycles. The number of hydrogen-bond acceptors (Lipinski definition) is 2. The van der Waals surface area contributed by atoms with Crippen molar-refractivity contribution in [1.29, 1.82) is 0 Å². The minimum Gasteiger partial charge on any atom is -0.347 e. The van der Waals surface area contributed by atoms with Crippen LogP contribution in [0.4, 0.5) is 0 Å². The molecule has 3 rings (SSSR count). The molecular weight excluding hydrogens is 258 g/mol. The molecule has 3 aromatic rings. The normalized spacial score (nSPS) is 12.2. The first-order valence-corrected chi connectivity index (χ1v) is 7.15. The fourth-order valence-electron chi connectivity index (χ4n) is 2.56. The molecule has 0 saturated heterocycles. The molecule has 0 aliphatic rings. The van der Waals surface area contributed by atoms with Gasteiger partial charge < -0.3 is 10.3 Å². The summed E-state index contributed by atoms with van der Waals surface area (Å²) in [5, 5.41) is 3.62. The Kier molecular flexibility index (Phi) is 4.12. The Balaban J connectivity index is 1.90. The van der Waals surface area contributed by atoms with Gasteiger partial charge in [-0.05, 0) is 23.6 Å². The van der Waals surface area contributed by atoms with Crippen molar-refractivity contribution < 1.29 is 0 Å². The molecule has 1 unspecified atom stereocenters. The molecular formula is C18H19N3. The Bertz CT molecular complexity index is 675. The van der Waals surface area contributed by atoms with E-state index >= 15 is 0 Å². The van der Waals surface area contributed by atoms with Gasteiger partial charge >= 0.3 is 0 Å². The van der Waals surface area contributed by atoms with Gasteiger partial charge in [-0.15, -0.1) is 0 Å². The SMILES string of the molecule is Cc1ccccc1C(NCc1cnc[nH]1)c1ccccc1. The van der Waals surface area contributed by atoms with Gasteiger partial charge in [0.2, 0.25) is 0 Å². The summed E-state index contributed by atoms with van der Waals surface area (Å²) in [6.07, 6.45) is 3.56. The van der Waals surface area contributed by atoms with Gasteiger partial charge in [0.1, 0.15) is 0 Å².